The number of esters is 1. The fraction of sp³-hybridized carbons (Fsp3) is 0.222. The Morgan fingerprint density at radius 2 is 2.14 bits per heavy atom. The van der Waals surface area contributed by atoms with Crippen LogP contribution in [-0.4, -0.2) is 5.97 Å². The van der Waals surface area contributed by atoms with E-state index < -0.39 is 0 Å². The van der Waals surface area contributed by atoms with E-state index in [9.17, 15) is 4.79 Å². The van der Waals surface area contributed by atoms with Gasteiger partial charge in [-0.1, -0.05) is 23.2 Å². The molecule has 0 aromatic heterocycles. The molecule has 0 N–H and O–H groups in total. The van der Waals surface area contributed by atoms with Crippen molar-refractivity contribution in [3.63, 3.8) is 0 Å². The van der Waals surface area contributed by atoms with Crippen molar-refractivity contribution in [1.82, 2.24) is 0 Å². The van der Waals surface area contributed by atoms with Gasteiger partial charge in [0.2, 0.25) is 0 Å². The van der Waals surface area contributed by atoms with E-state index in [1.165, 1.54) is 6.92 Å². The van der Waals surface area contributed by atoms with Crippen LogP contribution in [0.2, 0.25) is 10.0 Å². The van der Waals surface area contributed by atoms with Crippen LogP contribution in [0.1, 0.15) is 12.5 Å². The molecule has 0 radical (unpaired) electrons. The summed E-state index contributed by atoms with van der Waals surface area (Å²) in [5, 5.41) is 1.11. The molecule has 5 heteroatoms. The lowest BCUT2D eigenvalue weighted by Gasteiger charge is -2.07. The van der Waals surface area contributed by atoms with Crippen LogP contribution in [0.4, 0.5) is 0 Å². The van der Waals surface area contributed by atoms with Gasteiger partial charge < -0.3 is 4.74 Å². The second-order valence-corrected chi connectivity index (χ2v) is 4.56. The highest BCUT2D eigenvalue weighted by atomic mass is 127. The molecule has 0 aliphatic rings. The van der Waals surface area contributed by atoms with E-state index in [-0.39, 0.29) is 12.6 Å². The highest BCUT2D eigenvalue weighted by Crippen LogP contribution is 2.27. The normalized spacial score (nSPS) is 10.0. The van der Waals surface area contributed by atoms with Crippen LogP contribution >= 0.6 is 45.8 Å². The summed E-state index contributed by atoms with van der Waals surface area (Å²) < 4.78 is 5.71. The molecule has 0 heterocycles. The summed E-state index contributed by atoms with van der Waals surface area (Å²) in [5.74, 6) is -0.322. The van der Waals surface area contributed by atoms with Crippen molar-refractivity contribution in [2.24, 2.45) is 0 Å². The third-order valence-corrected chi connectivity index (χ3v) is 3.61. The Hall–Kier alpha value is -0.000000000000000111. The predicted molar refractivity (Wildman–Crippen MR) is 64.6 cm³/mol. The van der Waals surface area contributed by atoms with Crippen molar-refractivity contribution >= 4 is 51.8 Å². The quantitative estimate of drug-likeness (QED) is 0.465. The molecule has 0 amide bonds. The highest BCUT2D eigenvalue weighted by molar-refractivity contribution is 14.1. The topological polar surface area (TPSA) is 26.3 Å². The zero-order valence-electron chi connectivity index (χ0n) is 7.31. The van der Waals surface area contributed by atoms with Gasteiger partial charge in [-0.15, -0.1) is 0 Å². The molecule has 1 rings (SSSR count). The summed E-state index contributed by atoms with van der Waals surface area (Å²) in [6, 6.07) is 3.39. The molecule has 0 aliphatic heterocycles. The Bertz CT molecular complexity index is 366. The first kappa shape index (κ1) is 12.1. The fourth-order valence-electron chi connectivity index (χ4n) is 0.894. The van der Waals surface area contributed by atoms with Crippen molar-refractivity contribution < 1.29 is 9.53 Å². The molecule has 0 fully saturated rings. The number of benzene rings is 1. The van der Waals surface area contributed by atoms with Crippen LogP contribution in [0.5, 0.6) is 0 Å². The summed E-state index contributed by atoms with van der Waals surface area (Å²) in [6.45, 7) is 1.56. The lowest BCUT2D eigenvalue weighted by Crippen LogP contribution is -2.00. The lowest BCUT2D eigenvalue weighted by atomic mass is 10.2. The Labute approximate surface area is 106 Å². The van der Waals surface area contributed by atoms with E-state index >= 15 is 0 Å². The molecule has 14 heavy (non-hydrogen) atoms. The first-order chi connectivity index (χ1) is 6.50. The van der Waals surface area contributed by atoms with Crippen molar-refractivity contribution in [2.45, 2.75) is 13.5 Å². The molecule has 2 nitrogen and oxygen atoms in total. The van der Waals surface area contributed by atoms with Crippen LogP contribution in [0, 0.1) is 3.57 Å². The molecule has 1 aromatic rings. The summed E-state index contributed by atoms with van der Waals surface area (Å²) in [7, 11) is 0. The van der Waals surface area contributed by atoms with Crippen LogP contribution in [0.15, 0.2) is 12.1 Å². The summed E-state index contributed by atoms with van der Waals surface area (Å²) >= 11 is 13.8. The molecule has 0 saturated carbocycles. The molecule has 0 spiro atoms. The van der Waals surface area contributed by atoms with Gasteiger partial charge in [-0.2, -0.15) is 0 Å². The van der Waals surface area contributed by atoms with Gasteiger partial charge in [0.05, 0.1) is 5.02 Å². The maximum absolute atomic E-state index is 10.6. The average molecular weight is 345 g/mol. The van der Waals surface area contributed by atoms with Crippen molar-refractivity contribution in [1.29, 1.82) is 0 Å². The standard InChI is InChI=1S/C9H7Cl2IO2/c1-5(13)14-4-6-2-7(10)3-8(11)9(6)12/h2-3H,4H2,1H3. The number of rotatable bonds is 2. The zero-order valence-corrected chi connectivity index (χ0v) is 11.0. The van der Waals surface area contributed by atoms with E-state index in [1.807, 2.05) is 0 Å². The van der Waals surface area contributed by atoms with E-state index in [0.717, 1.165) is 9.13 Å². The van der Waals surface area contributed by atoms with Gasteiger partial charge in [-0.25, -0.2) is 0 Å². The van der Waals surface area contributed by atoms with Crippen molar-refractivity contribution in [3.8, 4) is 0 Å². The zero-order chi connectivity index (χ0) is 10.7. The van der Waals surface area contributed by atoms with E-state index in [2.05, 4.69) is 22.6 Å². The minimum atomic E-state index is -0.322. The largest absolute Gasteiger partial charge is 0.461 e. The molecule has 1 aromatic carbocycles. The number of halogens is 3. The van der Waals surface area contributed by atoms with Gasteiger partial charge in [0.15, 0.2) is 0 Å². The van der Waals surface area contributed by atoms with Gasteiger partial charge >= 0.3 is 5.97 Å². The van der Waals surface area contributed by atoms with Crippen LogP contribution in [0.3, 0.4) is 0 Å². The molecular weight excluding hydrogens is 338 g/mol. The molecule has 0 saturated heterocycles. The highest BCUT2D eigenvalue weighted by Gasteiger charge is 2.07. The lowest BCUT2D eigenvalue weighted by molar-refractivity contribution is -0.142. The predicted octanol–water partition coefficient (Wildman–Crippen LogP) is 3.66. The smallest absolute Gasteiger partial charge is 0.302 e. The Morgan fingerprint density at radius 1 is 1.50 bits per heavy atom. The molecule has 0 aliphatic carbocycles. The Balaban J connectivity index is 2.90. The minimum absolute atomic E-state index is 0.202. The third kappa shape index (κ3) is 3.29. The number of hydrogen-bond acceptors (Lipinski definition) is 2. The number of ether oxygens (including phenoxy) is 1. The van der Waals surface area contributed by atoms with Crippen molar-refractivity contribution in [2.75, 3.05) is 0 Å². The molecular formula is C9H7Cl2IO2. The van der Waals surface area contributed by atoms with Crippen molar-refractivity contribution in [3.05, 3.63) is 31.3 Å². The SMILES string of the molecule is CC(=O)OCc1cc(Cl)cc(Cl)c1I. The van der Waals surface area contributed by atoms with Gasteiger partial charge in [0, 0.05) is 21.1 Å². The first-order valence-corrected chi connectivity index (χ1v) is 5.61. The maximum Gasteiger partial charge on any atom is 0.302 e. The molecule has 0 bridgehead atoms. The molecule has 76 valence electrons. The second kappa shape index (κ2) is 5.19. The molecule has 0 atom stereocenters. The van der Waals surface area contributed by atoms with Crippen LogP contribution in [-0.2, 0) is 16.1 Å². The van der Waals surface area contributed by atoms with Gasteiger partial charge in [-0.3, -0.25) is 4.79 Å². The average Bonchev–Trinajstić information content (AvgIpc) is 2.08. The van der Waals surface area contributed by atoms with E-state index in [4.69, 9.17) is 27.9 Å². The number of carbonyl (C=O) groups is 1. The third-order valence-electron chi connectivity index (χ3n) is 1.50. The van der Waals surface area contributed by atoms with E-state index in [1.54, 1.807) is 12.1 Å². The summed E-state index contributed by atoms with van der Waals surface area (Å²) in [5.41, 5.74) is 0.818. The Kier molecular flexibility index (Phi) is 4.47. The Morgan fingerprint density at radius 3 is 2.71 bits per heavy atom. The summed E-state index contributed by atoms with van der Waals surface area (Å²) in [6.07, 6.45) is 0. The number of carbonyl (C=O) groups excluding carboxylic acids is 1. The van der Waals surface area contributed by atoms with Crippen LogP contribution < -0.4 is 0 Å². The van der Waals surface area contributed by atoms with Gasteiger partial charge in [0.1, 0.15) is 6.61 Å². The first-order valence-electron chi connectivity index (χ1n) is 3.77. The molecule has 0 unspecified atom stereocenters. The number of hydrogen-bond donors (Lipinski definition) is 0. The second-order valence-electron chi connectivity index (χ2n) is 2.64. The van der Waals surface area contributed by atoms with E-state index in [0.29, 0.717) is 10.0 Å². The fourth-order valence-corrected chi connectivity index (χ4v) is 1.90. The summed E-state index contributed by atoms with van der Waals surface area (Å²) in [4.78, 5) is 10.6. The monoisotopic (exact) mass is 344 g/mol. The van der Waals surface area contributed by atoms with Gasteiger partial charge in [-0.05, 0) is 34.7 Å². The van der Waals surface area contributed by atoms with Gasteiger partial charge in [0.25, 0.3) is 0 Å². The minimum Gasteiger partial charge on any atom is -0.461 e. The maximum atomic E-state index is 10.6. The van der Waals surface area contributed by atoms with Crippen LogP contribution in [0.25, 0.3) is 0 Å².